The Labute approximate surface area is 182 Å². The minimum absolute atomic E-state index is 0.0619. The zero-order valence-corrected chi connectivity index (χ0v) is 18.4. The standard InChI is InChI=1S/C23H23NO5S2/c25-23(24-16-7-17-30(26,27)21-8-3-1-4-9-21)20-14-12-19(13-15-20)18-31(28,29)22-10-5-2-6-11-22/h1-6,8-15H,7,16-18H2,(H,24,25). The van der Waals surface area contributed by atoms with Gasteiger partial charge in [0, 0.05) is 12.1 Å². The highest BCUT2D eigenvalue weighted by atomic mass is 32.2. The minimum Gasteiger partial charge on any atom is -0.352 e. The smallest absolute Gasteiger partial charge is 0.251 e. The van der Waals surface area contributed by atoms with Gasteiger partial charge in [-0.05, 0) is 48.4 Å². The van der Waals surface area contributed by atoms with Crippen molar-refractivity contribution in [1.82, 2.24) is 5.32 Å². The van der Waals surface area contributed by atoms with Gasteiger partial charge in [0.25, 0.3) is 5.91 Å². The van der Waals surface area contributed by atoms with Gasteiger partial charge in [-0.1, -0.05) is 48.5 Å². The van der Waals surface area contributed by atoms with Crippen LogP contribution in [-0.2, 0) is 25.4 Å². The van der Waals surface area contributed by atoms with Crippen LogP contribution in [0.15, 0.2) is 94.7 Å². The van der Waals surface area contributed by atoms with Gasteiger partial charge in [-0.2, -0.15) is 0 Å². The lowest BCUT2D eigenvalue weighted by Crippen LogP contribution is -2.26. The number of hydrogen-bond acceptors (Lipinski definition) is 5. The molecular weight excluding hydrogens is 434 g/mol. The molecule has 3 aromatic carbocycles. The highest BCUT2D eigenvalue weighted by Gasteiger charge is 2.16. The number of sulfone groups is 2. The topological polar surface area (TPSA) is 97.4 Å². The molecule has 0 heterocycles. The van der Waals surface area contributed by atoms with Crippen molar-refractivity contribution >= 4 is 25.6 Å². The Morgan fingerprint density at radius 2 is 1.19 bits per heavy atom. The zero-order valence-electron chi connectivity index (χ0n) is 16.8. The molecular formula is C23H23NO5S2. The largest absolute Gasteiger partial charge is 0.352 e. The summed E-state index contributed by atoms with van der Waals surface area (Å²) in [6.07, 6.45) is 0.288. The highest BCUT2D eigenvalue weighted by Crippen LogP contribution is 2.16. The van der Waals surface area contributed by atoms with Gasteiger partial charge < -0.3 is 5.32 Å². The molecule has 0 unspecified atom stereocenters. The van der Waals surface area contributed by atoms with Crippen LogP contribution in [0.3, 0.4) is 0 Å². The molecule has 0 bridgehead atoms. The monoisotopic (exact) mass is 457 g/mol. The maximum Gasteiger partial charge on any atom is 0.251 e. The second kappa shape index (κ2) is 9.89. The number of carbonyl (C=O) groups excluding carboxylic acids is 1. The summed E-state index contributed by atoms with van der Waals surface area (Å²) in [4.78, 5) is 12.8. The van der Waals surface area contributed by atoms with Crippen molar-refractivity contribution in [2.75, 3.05) is 12.3 Å². The predicted molar refractivity (Wildman–Crippen MR) is 119 cm³/mol. The molecule has 8 heteroatoms. The van der Waals surface area contributed by atoms with Crippen molar-refractivity contribution in [2.45, 2.75) is 22.0 Å². The van der Waals surface area contributed by atoms with Gasteiger partial charge >= 0.3 is 0 Å². The van der Waals surface area contributed by atoms with Crippen LogP contribution in [0.25, 0.3) is 0 Å². The molecule has 0 aliphatic rings. The Morgan fingerprint density at radius 1 is 0.677 bits per heavy atom. The predicted octanol–water partition coefficient (Wildman–Crippen LogP) is 3.25. The molecule has 0 aliphatic carbocycles. The second-order valence-corrected chi connectivity index (χ2v) is 11.1. The van der Waals surface area contributed by atoms with Crippen LogP contribution in [0.4, 0.5) is 0 Å². The van der Waals surface area contributed by atoms with Crippen LogP contribution in [-0.4, -0.2) is 35.0 Å². The van der Waals surface area contributed by atoms with Crippen LogP contribution in [0.5, 0.6) is 0 Å². The summed E-state index contributed by atoms with van der Waals surface area (Å²) in [5.41, 5.74) is 0.959. The van der Waals surface area contributed by atoms with Crippen molar-refractivity contribution in [1.29, 1.82) is 0 Å². The Morgan fingerprint density at radius 3 is 1.74 bits per heavy atom. The molecule has 1 N–H and O–H groups in total. The number of carbonyl (C=O) groups is 1. The Hall–Kier alpha value is -2.97. The average Bonchev–Trinajstić information content (AvgIpc) is 2.78. The molecule has 0 aromatic heterocycles. The lowest BCUT2D eigenvalue weighted by Gasteiger charge is -2.08. The summed E-state index contributed by atoms with van der Waals surface area (Å²) in [5.74, 6) is -0.557. The van der Waals surface area contributed by atoms with Gasteiger partial charge in [-0.15, -0.1) is 0 Å². The van der Waals surface area contributed by atoms with Crippen LogP contribution in [0, 0.1) is 0 Å². The van der Waals surface area contributed by atoms with E-state index in [9.17, 15) is 21.6 Å². The Kier molecular flexibility index (Phi) is 7.25. The third kappa shape index (κ3) is 6.26. The summed E-state index contributed by atoms with van der Waals surface area (Å²) in [5, 5.41) is 2.69. The third-order valence-electron chi connectivity index (χ3n) is 4.65. The normalized spacial score (nSPS) is 11.7. The van der Waals surface area contributed by atoms with Crippen molar-refractivity contribution in [3.05, 3.63) is 96.1 Å². The van der Waals surface area contributed by atoms with Crippen LogP contribution in [0.1, 0.15) is 22.3 Å². The maximum absolute atomic E-state index is 12.4. The molecule has 3 aromatic rings. The first-order valence-corrected chi connectivity index (χ1v) is 13.0. The fourth-order valence-electron chi connectivity index (χ4n) is 2.99. The van der Waals surface area contributed by atoms with E-state index in [0.717, 1.165) is 0 Å². The quantitative estimate of drug-likeness (QED) is 0.498. The molecule has 162 valence electrons. The summed E-state index contributed by atoms with van der Waals surface area (Å²) >= 11 is 0. The molecule has 0 saturated carbocycles. The van der Waals surface area contributed by atoms with Crippen molar-refractivity contribution in [3.63, 3.8) is 0 Å². The summed E-state index contributed by atoms with van der Waals surface area (Å²) in [6.45, 7) is 0.217. The second-order valence-electron chi connectivity index (χ2n) is 7.01. The highest BCUT2D eigenvalue weighted by molar-refractivity contribution is 7.91. The number of rotatable bonds is 9. The molecule has 0 saturated heterocycles. The van der Waals surface area contributed by atoms with E-state index in [2.05, 4.69) is 5.32 Å². The fourth-order valence-corrected chi connectivity index (χ4v) is 5.70. The Bertz CT molecular complexity index is 1220. The molecule has 6 nitrogen and oxygen atoms in total. The number of hydrogen-bond donors (Lipinski definition) is 1. The van der Waals surface area contributed by atoms with E-state index in [0.29, 0.717) is 11.1 Å². The van der Waals surface area contributed by atoms with Crippen LogP contribution < -0.4 is 5.32 Å². The molecule has 0 radical (unpaired) electrons. The lowest BCUT2D eigenvalue weighted by atomic mass is 10.1. The number of benzene rings is 3. The van der Waals surface area contributed by atoms with Crippen molar-refractivity contribution in [2.24, 2.45) is 0 Å². The van der Waals surface area contributed by atoms with Gasteiger partial charge in [-0.25, -0.2) is 16.8 Å². The molecule has 3 rings (SSSR count). The van der Waals surface area contributed by atoms with E-state index in [1.54, 1.807) is 84.9 Å². The number of amides is 1. The van der Waals surface area contributed by atoms with Gasteiger partial charge in [0.2, 0.25) is 0 Å². The van der Waals surface area contributed by atoms with E-state index in [4.69, 9.17) is 0 Å². The van der Waals surface area contributed by atoms with E-state index in [1.165, 1.54) is 0 Å². The molecule has 0 aliphatic heterocycles. The summed E-state index contributed by atoms with van der Waals surface area (Å²) in [6, 6.07) is 22.7. The molecule has 31 heavy (non-hydrogen) atoms. The van der Waals surface area contributed by atoms with E-state index in [1.807, 2.05) is 0 Å². The molecule has 1 amide bonds. The van der Waals surface area contributed by atoms with Gasteiger partial charge in [-0.3, -0.25) is 4.79 Å². The fraction of sp³-hybridized carbons (Fsp3) is 0.174. The first-order valence-electron chi connectivity index (χ1n) is 9.71. The van der Waals surface area contributed by atoms with E-state index >= 15 is 0 Å². The molecule has 0 fully saturated rings. The van der Waals surface area contributed by atoms with Crippen LogP contribution >= 0.6 is 0 Å². The SMILES string of the molecule is O=C(NCCCS(=O)(=O)c1ccccc1)c1ccc(CS(=O)(=O)c2ccccc2)cc1. The molecule has 0 spiro atoms. The van der Waals surface area contributed by atoms with E-state index in [-0.39, 0.29) is 40.2 Å². The first-order chi connectivity index (χ1) is 14.8. The lowest BCUT2D eigenvalue weighted by molar-refractivity contribution is 0.0953. The van der Waals surface area contributed by atoms with Gasteiger partial charge in [0.15, 0.2) is 19.7 Å². The number of nitrogens with one attached hydrogen (secondary N) is 1. The Balaban J connectivity index is 1.51. The molecule has 0 atom stereocenters. The van der Waals surface area contributed by atoms with Gasteiger partial charge in [0.05, 0.1) is 21.3 Å². The van der Waals surface area contributed by atoms with E-state index < -0.39 is 19.7 Å². The van der Waals surface area contributed by atoms with Crippen molar-refractivity contribution in [3.8, 4) is 0 Å². The minimum atomic E-state index is -3.46. The average molecular weight is 458 g/mol. The maximum atomic E-state index is 12.4. The van der Waals surface area contributed by atoms with Crippen LogP contribution in [0.2, 0.25) is 0 Å². The first kappa shape index (κ1) is 22.7. The van der Waals surface area contributed by atoms with Gasteiger partial charge in [0.1, 0.15) is 0 Å². The zero-order chi connectivity index (χ0) is 22.3. The summed E-state index contributed by atoms with van der Waals surface area (Å²) in [7, 11) is -6.84. The van der Waals surface area contributed by atoms with Crippen molar-refractivity contribution < 1.29 is 21.6 Å². The summed E-state index contributed by atoms with van der Waals surface area (Å²) < 4.78 is 49.4. The third-order valence-corrected chi connectivity index (χ3v) is 8.17.